The first kappa shape index (κ1) is 21.2. The van der Waals surface area contributed by atoms with Crippen molar-refractivity contribution in [3.63, 3.8) is 0 Å². The fourth-order valence-corrected chi connectivity index (χ4v) is 3.57. The number of likely N-dealkylation sites (tertiary alicyclic amines) is 1. The molecule has 0 bridgehead atoms. The average Bonchev–Trinajstić information content (AvgIpc) is 2.94. The van der Waals surface area contributed by atoms with Gasteiger partial charge in [-0.15, -0.1) is 0 Å². The molecule has 1 aliphatic rings. The number of hydrogen-bond donors (Lipinski definition) is 3. The number of carbonyl (C=O) groups excluding carboxylic acids is 2. The lowest BCUT2D eigenvalue weighted by Gasteiger charge is -2.29. The molecule has 0 spiro atoms. The lowest BCUT2D eigenvalue weighted by Crippen LogP contribution is -2.46. The Morgan fingerprint density at radius 2 is 2.04 bits per heavy atom. The highest BCUT2D eigenvalue weighted by molar-refractivity contribution is 6.45. The second-order valence-corrected chi connectivity index (χ2v) is 7.29. The van der Waals surface area contributed by atoms with Crippen molar-refractivity contribution in [2.75, 3.05) is 20.2 Å². The maximum absolute atomic E-state index is 13.2. The number of ether oxygens (including phenoxy) is 1. The van der Waals surface area contributed by atoms with Crippen molar-refractivity contribution in [3.05, 3.63) is 29.8 Å². The Labute approximate surface area is 160 Å². The molecule has 0 aliphatic carbocycles. The van der Waals surface area contributed by atoms with Gasteiger partial charge < -0.3 is 25.0 Å². The molecule has 1 heterocycles. The summed E-state index contributed by atoms with van der Waals surface area (Å²) in [4.78, 5) is 27.1. The van der Waals surface area contributed by atoms with Gasteiger partial charge in [0.05, 0.1) is 12.5 Å². The Hall–Kier alpha value is -2.06. The molecule has 1 aromatic carbocycles. The summed E-state index contributed by atoms with van der Waals surface area (Å²) >= 11 is 0. The second-order valence-electron chi connectivity index (χ2n) is 7.29. The molecule has 0 unspecified atom stereocenters. The Morgan fingerprint density at radius 1 is 1.37 bits per heavy atom. The van der Waals surface area contributed by atoms with E-state index in [9.17, 15) is 19.7 Å². The summed E-state index contributed by atoms with van der Waals surface area (Å²) in [6.45, 7) is 4.67. The van der Waals surface area contributed by atoms with E-state index in [1.807, 2.05) is 6.92 Å². The highest BCUT2D eigenvalue weighted by atomic mass is 16.5. The van der Waals surface area contributed by atoms with Gasteiger partial charge in [0.2, 0.25) is 5.91 Å². The molecule has 3 N–H and O–H groups in total. The highest BCUT2D eigenvalue weighted by Crippen LogP contribution is 2.37. The number of benzene rings is 1. The Bertz CT molecular complexity index is 652. The van der Waals surface area contributed by atoms with Gasteiger partial charge >= 0.3 is 13.0 Å². The van der Waals surface area contributed by atoms with Gasteiger partial charge in [-0.3, -0.25) is 4.79 Å². The minimum atomic E-state index is -0.714. The first-order valence-corrected chi connectivity index (χ1v) is 9.39. The summed E-state index contributed by atoms with van der Waals surface area (Å²) in [5, 5.41) is 21.6. The number of rotatable bonds is 9. The normalized spacial score (nSPS) is 20.6. The third kappa shape index (κ3) is 5.02. The quantitative estimate of drug-likeness (QED) is 0.341. The summed E-state index contributed by atoms with van der Waals surface area (Å²) in [5.74, 6) is -0.338. The molecule has 1 saturated heterocycles. The van der Waals surface area contributed by atoms with Crippen LogP contribution in [0.1, 0.15) is 38.2 Å². The van der Waals surface area contributed by atoms with Crippen LogP contribution in [0.2, 0.25) is 6.82 Å². The number of nitrogens with one attached hydrogen (secondary N) is 1. The van der Waals surface area contributed by atoms with Gasteiger partial charge in [-0.05, 0) is 63.7 Å². The molecule has 1 amide bonds. The highest BCUT2D eigenvalue weighted by Gasteiger charge is 2.47. The van der Waals surface area contributed by atoms with Crippen LogP contribution >= 0.6 is 0 Å². The van der Waals surface area contributed by atoms with E-state index in [0.717, 1.165) is 18.4 Å². The van der Waals surface area contributed by atoms with Crippen molar-refractivity contribution in [1.82, 2.24) is 10.1 Å². The van der Waals surface area contributed by atoms with Crippen LogP contribution in [0.15, 0.2) is 24.3 Å². The summed E-state index contributed by atoms with van der Waals surface area (Å²) in [5.41, 5.74) is 0.117. The maximum Gasteiger partial charge on any atom is 0.373 e. The largest absolute Gasteiger partial charge is 0.508 e. The second kappa shape index (κ2) is 9.24. The monoisotopic (exact) mass is 376 g/mol. The van der Waals surface area contributed by atoms with Crippen LogP contribution in [-0.4, -0.2) is 60.2 Å². The summed E-state index contributed by atoms with van der Waals surface area (Å²) in [6, 6.07) is 6.05. The number of amides is 1. The molecule has 0 saturated carbocycles. The summed E-state index contributed by atoms with van der Waals surface area (Å²) in [6.07, 6.45) is 2.65. The van der Waals surface area contributed by atoms with Crippen LogP contribution < -0.4 is 5.23 Å². The van der Waals surface area contributed by atoms with E-state index in [-0.39, 0.29) is 11.7 Å². The topological polar surface area (TPSA) is 99.1 Å². The molecule has 148 valence electrons. The van der Waals surface area contributed by atoms with Crippen molar-refractivity contribution >= 4 is 18.9 Å². The number of unbranched alkanes of at least 4 members (excludes halogenated alkanes) is 1. The average molecular weight is 376 g/mol. The molecular weight excluding hydrogens is 347 g/mol. The van der Waals surface area contributed by atoms with Crippen LogP contribution in [0.5, 0.6) is 5.75 Å². The van der Waals surface area contributed by atoms with Gasteiger partial charge in [0.25, 0.3) is 0 Å². The minimum Gasteiger partial charge on any atom is -0.508 e. The lowest BCUT2D eigenvalue weighted by molar-refractivity contribution is -0.152. The van der Waals surface area contributed by atoms with E-state index >= 15 is 0 Å². The Kier molecular flexibility index (Phi) is 7.27. The van der Waals surface area contributed by atoms with Crippen molar-refractivity contribution in [2.45, 2.75) is 50.9 Å². The van der Waals surface area contributed by atoms with Gasteiger partial charge in [-0.2, -0.15) is 0 Å². The standard InChI is InChI=1S/C19H29BN2O5/c1-19(14-7-9-15(23)10-8-14)11-13-22(18(19)25)16(17(24)27-3)6-4-5-12-21-20(2)26/h7-10,16,21,23,26H,4-6,11-13H2,1-3H3/t16-,19+/m1/s1. The maximum atomic E-state index is 13.2. The van der Waals surface area contributed by atoms with Crippen molar-refractivity contribution in [3.8, 4) is 5.75 Å². The number of nitrogens with zero attached hydrogens (tertiary/aromatic N) is 1. The van der Waals surface area contributed by atoms with Gasteiger partial charge in [-0.1, -0.05) is 12.1 Å². The first-order valence-electron chi connectivity index (χ1n) is 9.39. The van der Waals surface area contributed by atoms with Crippen LogP contribution in [0, 0.1) is 0 Å². The van der Waals surface area contributed by atoms with E-state index in [0.29, 0.717) is 25.9 Å². The van der Waals surface area contributed by atoms with Gasteiger partial charge in [-0.25, -0.2) is 4.79 Å². The fourth-order valence-electron chi connectivity index (χ4n) is 3.57. The van der Waals surface area contributed by atoms with Gasteiger partial charge in [0, 0.05) is 6.54 Å². The van der Waals surface area contributed by atoms with Crippen molar-refractivity contribution in [2.24, 2.45) is 0 Å². The van der Waals surface area contributed by atoms with E-state index < -0.39 is 24.5 Å². The zero-order valence-corrected chi connectivity index (χ0v) is 16.3. The van der Waals surface area contributed by atoms with E-state index in [1.165, 1.54) is 7.11 Å². The Morgan fingerprint density at radius 3 is 2.63 bits per heavy atom. The predicted molar refractivity (Wildman–Crippen MR) is 103 cm³/mol. The minimum absolute atomic E-state index is 0.0919. The van der Waals surface area contributed by atoms with Crippen LogP contribution in [-0.2, 0) is 19.7 Å². The first-order chi connectivity index (χ1) is 12.8. The molecule has 2 rings (SSSR count). The van der Waals surface area contributed by atoms with Gasteiger partial charge in [0.1, 0.15) is 11.8 Å². The van der Waals surface area contributed by atoms with E-state index in [1.54, 1.807) is 36.0 Å². The van der Waals surface area contributed by atoms with Crippen LogP contribution in [0.3, 0.4) is 0 Å². The zero-order chi connectivity index (χ0) is 20.0. The SMILES string of the molecule is COC(=O)[C@@H](CCCCNB(C)O)N1CC[C@@](C)(c2ccc(O)cc2)C1=O. The number of carbonyl (C=O) groups is 2. The molecule has 1 aromatic rings. The van der Waals surface area contributed by atoms with E-state index in [4.69, 9.17) is 4.74 Å². The van der Waals surface area contributed by atoms with Crippen LogP contribution in [0.4, 0.5) is 0 Å². The molecule has 0 radical (unpaired) electrons. The fraction of sp³-hybridized carbons (Fsp3) is 0.579. The molecule has 8 heteroatoms. The number of methoxy groups -OCH3 is 1. The van der Waals surface area contributed by atoms with Crippen molar-refractivity contribution in [1.29, 1.82) is 0 Å². The smallest absolute Gasteiger partial charge is 0.373 e. The summed E-state index contributed by atoms with van der Waals surface area (Å²) < 4.78 is 4.94. The molecule has 7 nitrogen and oxygen atoms in total. The molecule has 27 heavy (non-hydrogen) atoms. The molecular formula is C19H29BN2O5. The molecule has 1 fully saturated rings. The van der Waals surface area contributed by atoms with E-state index in [2.05, 4.69) is 5.23 Å². The Balaban J connectivity index is 2.06. The molecule has 0 aromatic heterocycles. The van der Waals surface area contributed by atoms with Crippen LogP contribution in [0.25, 0.3) is 0 Å². The third-order valence-electron chi connectivity index (χ3n) is 5.28. The zero-order valence-electron chi connectivity index (χ0n) is 16.3. The molecule has 2 atom stereocenters. The lowest BCUT2D eigenvalue weighted by atomic mass is 9.81. The predicted octanol–water partition coefficient (Wildman–Crippen LogP) is 1.29. The third-order valence-corrected chi connectivity index (χ3v) is 5.28. The van der Waals surface area contributed by atoms with Gasteiger partial charge in [0.15, 0.2) is 0 Å². The number of hydrogen-bond acceptors (Lipinski definition) is 6. The number of esters is 1. The number of phenolic OH excluding ortho intramolecular Hbond substituents is 1. The van der Waals surface area contributed by atoms with Crippen molar-refractivity contribution < 1.29 is 24.5 Å². The summed E-state index contributed by atoms with van der Waals surface area (Å²) in [7, 11) is 0.775. The molecule has 1 aliphatic heterocycles. The number of phenols is 1. The number of aromatic hydroxyl groups is 1.